The fraction of sp³-hybridized carbons (Fsp3) is 0.364. The number of oxime groups is 1. The lowest BCUT2D eigenvalue weighted by molar-refractivity contribution is -0.644. The third-order valence-corrected chi connectivity index (χ3v) is 5.88. The maximum Gasteiger partial charge on any atom is 0.230 e. The van der Waals surface area contributed by atoms with E-state index in [2.05, 4.69) is 5.16 Å². The molecule has 1 aliphatic carbocycles. The Morgan fingerprint density at radius 2 is 2.10 bits per heavy atom. The van der Waals surface area contributed by atoms with Crippen LogP contribution < -0.4 is 10.3 Å². The van der Waals surface area contributed by atoms with Gasteiger partial charge in [0.05, 0.1) is 6.54 Å². The van der Waals surface area contributed by atoms with Gasteiger partial charge in [0, 0.05) is 34.5 Å². The van der Waals surface area contributed by atoms with E-state index in [1.807, 2.05) is 46.8 Å². The van der Waals surface area contributed by atoms with Gasteiger partial charge < -0.3 is 15.1 Å². The molecule has 1 aliphatic rings. The second-order valence-electron chi connectivity index (χ2n) is 7.59. The lowest BCUT2D eigenvalue weighted by atomic mass is 9.98. The topological polar surface area (TPSA) is 56.4 Å². The van der Waals surface area contributed by atoms with Crippen LogP contribution in [-0.2, 0) is 18.4 Å². The van der Waals surface area contributed by atoms with Gasteiger partial charge in [-0.25, -0.2) is 4.39 Å². The molecule has 0 saturated heterocycles. The van der Waals surface area contributed by atoms with E-state index in [1.165, 1.54) is 12.5 Å². The smallest absolute Gasteiger partial charge is 0.230 e. The fourth-order valence-corrected chi connectivity index (χ4v) is 4.13. The van der Waals surface area contributed by atoms with Crippen molar-refractivity contribution in [2.75, 3.05) is 0 Å². The highest BCUT2D eigenvalue weighted by atomic mass is 35.5. The average Bonchev–Trinajstić information content (AvgIpc) is 3.14. The summed E-state index contributed by atoms with van der Waals surface area (Å²) in [7, 11) is 1.98. The highest BCUT2D eigenvalue weighted by Crippen LogP contribution is 2.25. The second kappa shape index (κ2) is 8.41. The molecule has 1 fully saturated rings. The molecule has 4 rings (SSSR count). The Morgan fingerprint density at radius 1 is 1.31 bits per heavy atom. The molecule has 0 unspecified atom stereocenters. The Balaban J connectivity index is 1.55. The molecule has 7 heteroatoms. The first-order chi connectivity index (χ1) is 14.0. The molecule has 5 nitrogen and oxygen atoms in total. The van der Waals surface area contributed by atoms with Crippen LogP contribution in [0, 0.1) is 5.82 Å². The molecule has 152 valence electrons. The van der Waals surface area contributed by atoms with Crippen molar-refractivity contribution in [3.8, 4) is 0 Å². The highest BCUT2D eigenvalue weighted by molar-refractivity contribution is 6.31. The first-order valence-corrected chi connectivity index (χ1v) is 10.3. The van der Waals surface area contributed by atoms with E-state index < -0.39 is 5.82 Å². The number of rotatable bonds is 5. The average molecular weight is 416 g/mol. The van der Waals surface area contributed by atoms with Gasteiger partial charge >= 0.3 is 0 Å². The predicted octanol–water partition coefficient (Wildman–Crippen LogP) is 4.28. The van der Waals surface area contributed by atoms with Crippen LogP contribution in [0.5, 0.6) is 0 Å². The molecule has 2 heterocycles. The minimum atomic E-state index is -0.412. The maximum absolute atomic E-state index is 14.9. The first-order valence-electron chi connectivity index (χ1n) is 9.94. The Bertz CT molecular complexity index is 1030. The molecule has 0 spiro atoms. The molecule has 0 radical (unpaired) electrons. The zero-order valence-electron chi connectivity index (χ0n) is 16.4. The van der Waals surface area contributed by atoms with Crippen LogP contribution in [0.25, 0.3) is 11.0 Å². The van der Waals surface area contributed by atoms with E-state index in [0.29, 0.717) is 22.7 Å². The number of hydrogen-bond acceptors (Lipinski definition) is 2. The number of aromatic nitrogens is 2. The highest BCUT2D eigenvalue weighted by Gasteiger charge is 2.17. The molecule has 0 bridgehead atoms. The van der Waals surface area contributed by atoms with Crippen LogP contribution in [-0.4, -0.2) is 16.5 Å². The molecule has 1 saturated carbocycles. The SMILES string of the molecule is C[n+]1cccc2c1ccn2Cc1c(F)cc(C(N)=NOC2CCCCC2)cc1Cl. The van der Waals surface area contributed by atoms with Crippen LogP contribution in [0.15, 0.2) is 47.9 Å². The lowest BCUT2D eigenvalue weighted by Crippen LogP contribution is -2.27. The molecular formula is C22H25ClFN4O+. The number of aryl methyl sites for hydroxylation is 1. The van der Waals surface area contributed by atoms with Crippen LogP contribution in [0.1, 0.15) is 43.2 Å². The van der Waals surface area contributed by atoms with Gasteiger partial charge in [-0.15, -0.1) is 0 Å². The van der Waals surface area contributed by atoms with Crippen molar-refractivity contribution in [3.05, 3.63) is 64.7 Å². The number of pyridine rings is 1. The van der Waals surface area contributed by atoms with Crippen molar-refractivity contribution >= 4 is 28.5 Å². The van der Waals surface area contributed by atoms with Crippen LogP contribution in [0.4, 0.5) is 4.39 Å². The fourth-order valence-electron chi connectivity index (χ4n) is 3.86. The van der Waals surface area contributed by atoms with E-state index in [1.54, 1.807) is 6.07 Å². The Morgan fingerprint density at radius 3 is 2.86 bits per heavy atom. The van der Waals surface area contributed by atoms with E-state index >= 15 is 0 Å². The van der Waals surface area contributed by atoms with Gasteiger partial charge in [-0.2, -0.15) is 4.57 Å². The molecule has 0 atom stereocenters. The third-order valence-electron chi connectivity index (χ3n) is 5.55. The standard InChI is InChI=1S/C22H25ClFN4O/c1-27-10-5-8-21-20(27)9-11-28(21)14-17-18(23)12-15(13-19(17)24)22(25)26-29-16-6-3-2-4-7-16/h5,8-13,16H,2-4,6-7,14H2,1H3,(H2,25,26)/q+1. The van der Waals surface area contributed by atoms with Gasteiger partial charge in [0.1, 0.15) is 24.5 Å². The molecule has 2 aromatic heterocycles. The van der Waals surface area contributed by atoms with Gasteiger partial charge in [-0.05, 0) is 43.9 Å². The van der Waals surface area contributed by atoms with Gasteiger partial charge in [0.15, 0.2) is 12.0 Å². The van der Waals surface area contributed by atoms with Crippen molar-refractivity contribution in [1.82, 2.24) is 4.57 Å². The third kappa shape index (κ3) is 4.22. The normalized spacial score (nSPS) is 15.8. The quantitative estimate of drug-likeness (QED) is 0.293. The van der Waals surface area contributed by atoms with Crippen molar-refractivity contribution in [1.29, 1.82) is 0 Å². The van der Waals surface area contributed by atoms with Crippen LogP contribution >= 0.6 is 11.6 Å². The number of nitrogens with zero attached hydrogens (tertiary/aromatic N) is 3. The number of fused-ring (bicyclic) bond motifs is 1. The predicted molar refractivity (Wildman–Crippen MR) is 112 cm³/mol. The monoisotopic (exact) mass is 415 g/mol. The number of hydrogen-bond donors (Lipinski definition) is 1. The Labute approximate surface area is 174 Å². The lowest BCUT2D eigenvalue weighted by Gasteiger charge is -2.19. The van der Waals surface area contributed by atoms with Crippen LogP contribution in [0.2, 0.25) is 5.02 Å². The first kappa shape index (κ1) is 19.7. The molecular weight excluding hydrogens is 391 g/mol. The largest absolute Gasteiger partial charge is 0.391 e. The second-order valence-corrected chi connectivity index (χ2v) is 8.00. The molecule has 29 heavy (non-hydrogen) atoms. The summed E-state index contributed by atoms with van der Waals surface area (Å²) in [6.07, 6.45) is 9.47. The Kier molecular flexibility index (Phi) is 5.72. The number of halogens is 2. The van der Waals surface area contributed by atoms with Gasteiger partial charge in [-0.3, -0.25) is 0 Å². The summed E-state index contributed by atoms with van der Waals surface area (Å²) in [5.41, 5.74) is 8.94. The summed E-state index contributed by atoms with van der Waals surface area (Å²) >= 11 is 6.42. The van der Waals surface area contributed by atoms with Gasteiger partial charge in [0.25, 0.3) is 0 Å². The summed E-state index contributed by atoms with van der Waals surface area (Å²) in [5.74, 6) is -0.271. The Hall–Kier alpha value is -2.60. The summed E-state index contributed by atoms with van der Waals surface area (Å²) < 4.78 is 18.9. The van der Waals surface area contributed by atoms with Gasteiger partial charge in [-0.1, -0.05) is 23.2 Å². The number of nitrogens with two attached hydrogens (primary N) is 1. The van der Waals surface area contributed by atoms with Crippen molar-refractivity contribution in [3.63, 3.8) is 0 Å². The summed E-state index contributed by atoms with van der Waals surface area (Å²) in [4.78, 5) is 5.54. The van der Waals surface area contributed by atoms with Crippen molar-refractivity contribution in [2.24, 2.45) is 17.9 Å². The van der Waals surface area contributed by atoms with Crippen molar-refractivity contribution in [2.45, 2.75) is 44.8 Å². The zero-order chi connectivity index (χ0) is 20.4. The molecule has 1 aromatic carbocycles. The molecule has 3 aromatic rings. The van der Waals surface area contributed by atoms with Gasteiger partial charge in [0.2, 0.25) is 5.52 Å². The maximum atomic E-state index is 14.9. The minimum Gasteiger partial charge on any atom is -0.391 e. The summed E-state index contributed by atoms with van der Waals surface area (Å²) in [6, 6.07) is 8.99. The molecule has 0 amide bonds. The van der Waals surface area contributed by atoms with E-state index in [0.717, 1.165) is 36.7 Å². The van der Waals surface area contributed by atoms with E-state index in [9.17, 15) is 4.39 Å². The number of benzene rings is 1. The number of amidine groups is 1. The molecule has 2 N–H and O–H groups in total. The summed E-state index contributed by atoms with van der Waals surface area (Å²) in [6.45, 7) is 0.327. The minimum absolute atomic E-state index is 0.0882. The summed E-state index contributed by atoms with van der Waals surface area (Å²) in [5, 5.41) is 4.34. The van der Waals surface area contributed by atoms with E-state index in [4.69, 9.17) is 22.2 Å². The van der Waals surface area contributed by atoms with Crippen molar-refractivity contribution < 1.29 is 13.8 Å². The van der Waals surface area contributed by atoms with E-state index in [-0.39, 0.29) is 11.9 Å². The zero-order valence-corrected chi connectivity index (χ0v) is 17.2. The molecule has 0 aliphatic heterocycles. The van der Waals surface area contributed by atoms with Crippen LogP contribution in [0.3, 0.4) is 0 Å².